The highest BCUT2D eigenvalue weighted by Gasteiger charge is 2.22. The number of carbonyl (C=O) groups is 1. The lowest BCUT2D eigenvalue weighted by Gasteiger charge is -2.05. The summed E-state index contributed by atoms with van der Waals surface area (Å²) in [7, 11) is -2.39. The zero-order valence-electron chi connectivity index (χ0n) is 16.4. The third-order valence-corrected chi connectivity index (χ3v) is 7.28. The maximum Gasteiger partial charge on any atom is 0.269 e. The number of rotatable bonds is 7. The number of non-ortho nitro benzene ring substituents is 1. The van der Waals surface area contributed by atoms with Crippen LogP contribution in [0.2, 0.25) is 0 Å². The lowest BCUT2D eigenvalue weighted by Crippen LogP contribution is -2.07. The number of nitrogens with zero attached hydrogens (tertiary/aromatic N) is 2. The van der Waals surface area contributed by atoms with Gasteiger partial charge < -0.3 is 4.74 Å². The molecule has 1 N–H and O–H groups in total. The molecule has 1 heterocycles. The molecule has 1 amide bonds. The third-order valence-electron chi connectivity index (χ3n) is 4.14. The normalized spacial score (nSPS) is 11.4. The van der Waals surface area contributed by atoms with Crippen LogP contribution in [0.1, 0.15) is 11.1 Å². The van der Waals surface area contributed by atoms with Gasteiger partial charge in [0, 0.05) is 23.8 Å². The van der Waals surface area contributed by atoms with E-state index in [1.165, 1.54) is 13.2 Å². The first-order valence-electron chi connectivity index (χ1n) is 8.80. The van der Waals surface area contributed by atoms with Crippen molar-refractivity contribution in [3.8, 4) is 5.75 Å². The Bertz CT molecular complexity index is 1260. The smallest absolute Gasteiger partial charge is 0.269 e. The van der Waals surface area contributed by atoms with Gasteiger partial charge in [-0.25, -0.2) is 13.4 Å². The summed E-state index contributed by atoms with van der Waals surface area (Å²) in [5.41, 5.74) is 1.51. The van der Waals surface area contributed by atoms with E-state index in [1.54, 1.807) is 12.1 Å². The van der Waals surface area contributed by atoms with Gasteiger partial charge in [0.15, 0.2) is 5.13 Å². The Morgan fingerprint density at radius 3 is 2.58 bits per heavy atom. The number of anilines is 1. The van der Waals surface area contributed by atoms with E-state index in [0.717, 1.165) is 52.9 Å². The maximum atomic E-state index is 12.7. The van der Waals surface area contributed by atoms with Crippen molar-refractivity contribution < 1.29 is 22.9 Å². The number of aryl methyl sites for hydroxylation is 1. The maximum absolute atomic E-state index is 12.7. The molecule has 0 unspecified atom stereocenters. The zero-order chi connectivity index (χ0) is 22.6. The molecular formula is C20H17N3O6S2. The Labute approximate surface area is 182 Å². The SMILES string of the molecule is COc1ccc(C)cc1C=CC(=O)Nc1ncc(S(=O)(=O)c2ccc([N+](=O)[O-])cc2)s1. The fraction of sp³-hybridized carbons (Fsp3) is 0.100. The molecule has 0 aliphatic rings. The summed E-state index contributed by atoms with van der Waals surface area (Å²) in [5, 5.41) is 13.4. The molecule has 0 saturated carbocycles. The van der Waals surface area contributed by atoms with Crippen LogP contribution in [0.3, 0.4) is 0 Å². The van der Waals surface area contributed by atoms with Crippen molar-refractivity contribution in [2.75, 3.05) is 12.4 Å². The average Bonchev–Trinajstić information content (AvgIpc) is 3.21. The minimum Gasteiger partial charge on any atom is -0.496 e. The molecule has 0 fully saturated rings. The van der Waals surface area contributed by atoms with Crippen LogP contribution in [0.25, 0.3) is 6.08 Å². The zero-order valence-corrected chi connectivity index (χ0v) is 18.1. The number of hydrogen-bond donors (Lipinski definition) is 1. The Kier molecular flexibility index (Phi) is 6.47. The van der Waals surface area contributed by atoms with Crippen molar-refractivity contribution in [1.29, 1.82) is 0 Å². The van der Waals surface area contributed by atoms with Crippen molar-refractivity contribution in [2.45, 2.75) is 16.0 Å². The molecule has 3 aromatic rings. The van der Waals surface area contributed by atoms with Gasteiger partial charge in [-0.1, -0.05) is 23.0 Å². The van der Waals surface area contributed by atoms with E-state index in [9.17, 15) is 23.3 Å². The molecule has 9 nitrogen and oxygen atoms in total. The van der Waals surface area contributed by atoms with Crippen LogP contribution in [0, 0.1) is 17.0 Å². The molecule has 0 radical (unpaired) electrons. The number of aromatic nitrogens is 1. The van der Waals surface area contributed by atoms with E-state index in [4.69, 9.17) is 4.74 Å². The van der Waals surface area contributed by atoms with Gasteiger partial charge >= 0.3 is 0 Å². The van der Waals surface area contributed by atoms with Crippen LogP contribution >= 0.6 is 11.3 Å². The number of sulfone groups is 1. The predicted octanol–water partition coefficient (Wildman–Crippen LogP) is 3.85. The second-order valence-corrected chi connectivity index (χ2v) is 9.51. The summed E-state index contributed by atoms with van der Waals surface area (Å²) in [6.45, 7) is 1.92. The van der Waals surface area contributed by atoms with Crippen LogP contribution in [-0.4, -0.2) is 31.3 Å². The Morgan fingerprint density at radius 1 is 1.23 bits per heavy atom. The molecule has 0 saturated heterocycles. The summed E-state index contributed by atoms with van der Waals surface area (Å²) < 4.78 is 30.5. The van der Waals surface area contributed by atoms with Crippen molar-refractivity contribution >= 4 is 44.0 Å². The van der Waals surface area contributed by atoms with Crippen LogP contribution < -0.4 is 10.1 Å². The topological polar surface area (TPSA) is 128 Å². The highest BCUT2D eigenvalue weighted by molar-refractivity contribution is 7.93. The molecule has 0 atom stereocenters. The third kappa shape index (κ3) is 5.13. The summed E-state index contributed by atoms with van der Waals surface area (Å²) in [6.07, 6.45) is 4.01. The summed E-state index contributed by atoms with van der Waals surface area (Å²) in [5.74, 6) is 0.123. The molecule has 2 aromatic carbocycles. The second-order valence-electron chi connectivity index (χ2n) is 6.31. The highest BCUT2D eigenvalue weighted by Crippen LogP contribution is 2.29. The quantitative estimate of drug-likeness (QED) is 0.323. The minimum atomic E-state index is -3.92. The van der Waals surface area contributed by atoms with Gasteiger partial charge in [0.1, 0.15) is 9.96 Å². The van der Waals surface area contributed by atoms with E-state index >= 15 is 0 Å². The van der Waals surface area contributed by atoms with E-state index in [1.807, 2.05) is 19.1 Å². The number of nitro groups is 1. The first-order valence-corrected chi connectivity index (χ1v) is 11.1. The lowest BCUT2D eigenvalue weighted by molar-refractivity contribution is -0.384. The first kappa shape index (κ1) is 22.1. The largest absolute Gasteiger partial charge is 0.496 e. The van der Waals surface area contributed by atoms with Gasteiger partial charge in [-0.2, -0.15) is 0 Å². The number of amides is 1. The Balaban J connectivity index is 1.74. The monoisotopic (exact) mass is 459 g/mol. The number of nitro benzene ring substituents is 1. The molecule has 1 aromatic heterocycles. The number of methoxy groups -OCH3 is 1. The van der Waals surface area contributed by atoms with Gasteiger partial charge in [0.05, 0.1) is 23.1 Å². The molecule has 160 valence electrons. The number of nitrogens with one attached hydrogen (secondary N) is 1. The highest BCUT2D eigenvalue weighted by atomic mass is 32.2. The van der Waals surface area contributed by atoms with Crippen molar-refractivity contribution in [3.05, 3.63) is 76.0 Å². The summed E-state index contributed by atoms with van der Waals surface area (Å²) >= 11 is 0.782. The number of carbonyl (C=O) groups excluding carboxylic acids is 1. The molecule has 31 heavy (non-hydrogen) atoms. The Morgan fingerprint density at radius 2 is 1.94 bits per heavy atom. The van der Waals surface area contributed by atoms with Crippen LogP contribution in [0.15, 0.2) is 63.8 Å². The van der Waals surface area contributed by atoms with Crippen LogP contribution in [-0.2, 0) is 14.6 Å². The molecule has 0 aliphatic carbocycles. The standard InChI is InChI=1S/C20H17N3O6S2/c1-13-3-9-17(29-2)14(11-13)4-10-18(24)22-20-21-12-19(30-20)31(27,28)16-7-5-15(6-8-16)23(25)26/h3-12H,1-2H3,(H,21,22,24). The fourth-order valence-electron chi connectivity index (χ4n) is 2.60. The number of hydrogen-bond acceptors (Lipinski definition) is 8. The molecule has 0 bridgehead atoms. The molecule has 0 aliphatic heterocycles. The Hall–Kier alpha value is -3.57. The van der Waals surface area contributed by atoms with Crippen molar-refractivity contribution in [3.63, 3.8) is 0 Å². The second kappa shape index (κ2) is 9.06. The predicted molar refractivity (Wildman–Crippen MR) is 116 cm³/mol. The summed E-state index contributed by atoms with van der Waals surface area (Å²) in [6, 6.07) is 10.1. The van der Waals surface area contributed by atoms with Gasteiger partial charge in [0.2, 0.25) is 15.7 Å². The lowest BCUT2D eigenvalue weighted by atomic mass is 10.1. The van der Waals surface area contributed by atoms with Gasteiger partial charge in [0.25, 0.3) is 5.69 Å². The van der Waals surface area contributed by atoms with Crippen molar-refractivity contribution in [2.24, 2.45) is 0 Å². The van der Waals surface area contributed by atoms with Crippen molar-refractivity contribution in [1.82, 2.24) is 4.98 Å². The number of thiazole rings is 1. The van der Waals surface area contributed by atoms with Crippen LogP contribution in [0.5, 0.6) is 5.75 Å². The summed E-state index contributed by atoms with van der Waals surface area (Å²) in [4.78, 5) is 26.2. The van der Waals surface area contributed by atoms with Gasteiger partial charge in [-0.05, 0) is 37.3 Å². The average molecular weight is 460 g/mol. The fourth-order valence-corrected chi connectivity index (χ4v) is 5.04. The van der Waals surface area contributed by atoms with E-state index in [0.29, 0.717) is 5.75 Å². The number of benzene rings is 2. The minimum absolute atomic E-state index is 0.0963. The van der Waals surface area contributed by atoms with Gasteiger partial charge in [-0.3, -0.25) is 20.2 Å². The number of ether oxygens (including phenoxy) is 1. The molecular weight excluding hydrogens is 442 g/mol. The molecule has 11 heteroatoms. The van der Waals surface area contributed by atoms with E-state index < -0.39 is 20.7 Å². The van der Waals surface area contributed by atoms with Gasteiger partial charge in [-0.15, -0.1) is 0 Å². The van der Waals surface area contributed by atoms with E-state index in [2.05, 4.69) is 10.3 Å². The van der Waals surface area contributed by atoms with E-state index in [-0.39, 0.29) is 19.9 Å². The first-order chi connectivity index (χ1) is 14.7. The van der Waals surface area contributed by atoms with Crippen LogP contribution in [0.4, 0.5) is 10.8 Å². The molecule has 3 rings (SSSR count). The molecule has 0 spiro atoms.